The Morgan fingerprint density at radius 3 is 2.38 bits per heavy atom. The number of aliphatic hydroxyl groups is 1. The molecule has 1 fully saturated rings. The Morgan fingerprint density at radius 1 is 1.33 bits per heavy atom. The van der Waals surface area contributed by atoms with Crippen LogP contribution in [0.25, 0.3) is 0 Å². The normalized spacial score (nSPS) is 28.4. The highest BCUT2D eigenvalue weighted by Gasteiger charge is 2.48. The van der Waals surface area contributed by atoms with E-state index in [9.17, 15) is 10.4 Å². The summed E-state index contributed by atoms with van der Waals surface area (Å²) >= 11 is 0. The molecule has 1 aromatic carbocycles. The van der Waals surface area contributed by atoms with E-state index in [-0.39, 0.29) is 0 Å². The van der Waals surface area contributed by atoms with E-state index < -0.39 is 11.0 Å². The van der Waals surface area contributed by atoms with Crippen LogP contribution in [-0.2, 0) is 6.42 Å². The largest absolute Gasteiger partial charge is 0.497 e. The van der Waals surface area contributed by atoms with Gasteiger partial charge >= 0.3 is 0 Å². The second kappa shape index (κ2) is 6.07. The Labute approximate surface area is 127 Å². The lowest BCUT2D eigenvalue weighted by Crippen LogP contribution is -2.48. The molecule has 1 aromatic rings. The Bertz CT molecular complexity index is 505. The topological polar surface area (TPSA) is 53.2 Å². The van der Waals surface area contributed by atoms with Gasteiger partial charge in [0.05, 0.1) is 24.2 Å². The van der Waals surface area contributed by atoms with E-state index >= 15 is 0 Å². The van der Waals surface area contributed by atoms with E-state index in [0.29, 0.717) is 12.3 Å². The molecule has 2 rings (SSSR count). The van der Waals surface area contributed by atoms with E-state index in [0.717, 1.165) is 37.0 Å². The lowest BCUT2D eigenvalue weighted by atomic mass is 9.61. The second-order valence-corrected chi connectivity index (χ2v) is 6.68. The highest BCUT2D eigenvalue weighted by Crippen LogP contribution is 2.47. The van der Waals surface area contributed by atoms with Gasteiger partial charge in [-0.1, -0.05) is 19.1 Å². The van der Waals surface area contributed by atoms with Crippen LogP contribution in [0.4, 0.5) is 0 Å². The molecule has 0 amide bonds. The monoisotopic (exact) mass is 287 g/mol. The van der Waals surface area contributed by atoms with Gasteiger partial charge < -0.3 is 9.84 Å². The fourth-order valence-corrected chi connectivity index (χ4v) is 3.34. The van der Waals surface area contributed by atoms with Gasteiger partial charge in [-0.3, -0.25) is 0 Å². The van der Waals surface area contributed by atoms with E-state index in [1.807, 2.05) is 31.2 Å². The minimum Gasteiger partial charge on any atom is -0.497 e. The van der Waals surface area contributed by atoms with Crippen LogP contribution >= 0.6 is 0 Å². The first-order valence-electron chi connectivity index (χ1n) is 7.69. The minimum absolute atomic E-state index is 0.499. The zero-order valence-electron chi connectivity index (χ0n) is 13.2. The Hall–Kier alpha value is -1.53. The minimum atomic E-state index is -1.00. The van der Waals surface area contributed by atoms with Gasteiger partial charge in [0.15, 0.2) is 0 Å². The van der Waals surface area contributed by atoms with Crippen LogP contribution in [0.3, 0.4) is 0 Å². The van der Waals surface area contributed by atoms with E-state index in [2.05, 4.69) is 13.0 Å². The predicted molar refractivity (Wildman–Crippen MR) is 83.0 cm³/mol. The molecule has 0 aromatic heterocycles. The number of hydrogen-bond acceptors (Lipinski definition) is 3. The van der Waals surface area contributed by atoms with Gasteiger partial charge in [0.2, 0.25) is 0 Å². The van der Waals surface area contributed by atoms with Crippen molar-refractivity contribution in [3.63, 3.8) is 0 Å². The van der Waals surface area contributed by atoms with Crippen molar-refractivity contribution in [3.05, 3.63) is 29.8 Å². The molecule has 1 atom stereocenters. The van der Waals surface area contributed by atoms with Crippen LogP contribution in [0.1, 0.15) is 45.1 Å². The molecule has 1 N–H and O–H groups in total. The van der Waals surface area contributed by atoms with Gasteiger partial charge in [-0.25, -0.2) is 0 Å². The number of hydrogen-bond donors (Lipinski definition) is 1. The smallest absolute Gasteiger partial charge is 0.118 e. The highest BCUT2D eigenvalue weighted by molar-refractivity contribution is 5.29. The van der Waals surface area contributed by atoms with E-state index in [1.165, 1.54) is 0 Å². The van der Waals surface area contributed by atoms with Gasteiger partial charge in [0, 0.05) is 6.42 Å². The molecular formula is C18H25NO2. The number of rotatable bonds is 4. The third kappa shape index (κ3) is 3.22. The third-order valence-electron chi connectivity index (χ3n) is 5.08. The van der Waals surface area contributed by atoms with Crippen molar-refractivity contribution >= 4 is 0 Å². The third-order valence-corrected chi connectivity index (χ3v) is 5.08. The molecule has 0 aliphatic heterocycles. The first-order valence-corrected chi connectivity index (χ1v) is 7.69. The Morgan fingerprint density at radius 2 is 1.90 bits per heavy atom. The molecule has 0 saturated heterocycles. The summed E-state index contributed by atoms with van der Waals surface area (Å²) in [6.45, 7) is 4.04. The molecule has 0 bridgehead atoms. The van der Waals surface area contributed by atoms with Crippen LogP contribution < -0.4 is 4.74 Å². The van der Waals surface area contributed by atoms with Crippen LogP contribution in [0.5, 0.6) is 5.75 Å². The molecule has 0 spiro atoms. The molecule has 3 nitrogen and oxygen atoms in total. The maximum absolute atomic E-state index is 11.0. The summed E-state index contributed by atoms with van der Waals surface area (Å²) in [6, 6.07) is 10.2. The number of benzene rings is 1. The van der Waals surface area contributed by atoms with Crippen LogP contribution in [0.2, 0.25) is 0 Å². The van der Waals surface area contributed by atoms with Gasteiger partial charge in [-0.15, -0.1) is 0 Å². The quantitative estimate of drug-likeness (QED) is 0.918. The fraction of sp³-hybridized carbons (Fsp3) is 0.611. The van der Waals surface area contributed by atoms with Gasteiger partial charge in [0.25, 0.3) is 0 Å². The van der Waals surface area contributed by atoms with Crippen LogP contribution in [0, 0.1) is 22.7 Å². The summed E-state index contributed by atoms with van der Waals surface area (Å²) in [5.74, 6) is 1.46. The van der Waals surface area contributed by atoms with Crippen molar-refractivity contribution in [2.75, 3.05) is 7.11 Å². The van der Waals surface area contributed by atoms with Crippen molar-refractivity contribution in [1.82, 2.24) is 0 Å². The van der Waals surface area contributed by atoms with Gasteiger partial charge in [-0.05, 0) is 56.2 Å². The lowest BCUT2D eigenvalue weighted by Gasteiger charge is -2.44. The molecule has 1 saturated carbocycles. The maximum Gasteiger partial charge on any atom is 0.118 e. The molecule has 114 valence electrons. The molecular weight excluding hydrogens is 262 g/mol. The first kappa shape index (κ1) is 15.9. The zero-order chi connectivity index (χ0) is 15.5. The second-order valence-electron chi connectivity index (χ2n) is 6.68. The summed E-state index contributed by atoms with van der Waals surface area (Å²) in [6.07, 6.45) is 4.11. The summed E-state index contributed by atoms with van der Waals surface area (Å²) in [7, 11) is 1.64. The molecule has 1 aliphatic carbocycles. The average molecular weight is 287 g/mol. The van der Waals surface area contributed by atoms with E-state index in [4.69, 9.17) is 4.74 Å². The summed E-state index contributed by atoms with van der Waals surface area (Å²) in [5.41, 5.74) is -0.593. The molecule has 1 aliphatic rings. The number of nitriles is 1. The van der Waals surface area contributed by atoms with Crippen molar-refractivity contribution < 1.29 is 9.84 Å². The lowest BCUT2D eigenvalue weighted by molar-refractivity contribution is -0.0621. The van der Waals surface area contributed by atoms with E-state index in [1.54, 1.807) is 7.11 Å². The average Bonchev–Trinajstić information content (AvgIpc) is 2.48. The standard InChI is InChI=1S/C18H25NO2/c1-14-8-10-18(13-19,11-9-14)17(2,20)12-15-4-6-16(21-3)7-5-15/h4-7,14,20H,8-12H2,1-3H3. The molecule has 21 heavy (non-hydrogen) atoms. The molecule has 1 unspecified atom stereocenters. The predicted octanol–water partition coefficient (Wildman–Crippen LogP) is 3.71. The van der Waals surface area contributed by atoms with Gasteiger partial charge in [-0.2, -0.15) is 5.26 Å². The maximum atomic E-state index is 11.0. The number of nitrogens with zero attached hydrogens (tertiary/aromatic N) is 1. The van der Waals surface area contributed by atoms with Crippen molar-refractivity contribution in [3.8, 4) is 11.8 Å². The first-order chi connectivity index (χ1) is 9.92. The zero-order valence-corrected chi connectivity index (χ0v) is 13.2. The number of methoxy groups -OCH3 is 1. The summed E-state index contributed by atoms with van der Waals surface area (Å²) in [5, 5.41) is 20.7. The fourth-order valence-electron chi connectivity index (χ4n) is 3.34. The van der Waals surface area contributed by atoms with Crippen molar-refractivity contribution in [2.45, 2.75) is 51.6 Å². The van der Waals surface area contributed by atoms with Crippen molar-refractivity contribution in [1.29, 1.82) is 5.26 Å². The van der Waals surface area contributed by atoms with Crippen molar-refractivity contribution in [2.24, 2.45) is 11.3 Å². The Balaban J connectivity index is 2.17. The SMILES string of the molecule is COc1ccc(CC(C)(O)C2(C#N)CCC(C)CC2)cc1. The molecule has 0 heterocycles. The molecule has 0 radical (unpaired) electrons. The number of ether oxygens (including phenoxy) is 1. The summed E-state index contributed by atoms with van der Waals surface area (Å²) in [4.78, 5) is 0. The summed E-state index contributed by atoms with van der Waals surface area (Å²) < 4.78 is 5.15. The molecule has 3 heteroatoms. The van der Waals surface area contributed by atoms with Crippen LogP contribution in [-0.4, -0.2) is 17.8 Å². The van der Waals surface area contributed by atoms with Gasteiger partial charge in [0.1, 0.15) is 5.75 Å². The Kier molecular flexibility index (Phi) is 4.58. The highest BCUT2D eigenvalue weighted by atomic mass is 16.5. The van der Waals surface area contributed by atoms with Crippen LogP contribution in [0.15, 0.2) is 24.3 Å².